The summed E-state index contributed by atoms with van der Waals surface area (Å²) in [7, 11) is 0. The molecule has 190 valence electrons. The van der Waals surface area contributed by atoms with Crippen molar-refractivity contribution in [3.8, 4) is 0 Å². The van der Waals surface area contributed by atoms with Gasteiger partial charge in [0.15, 0.2) is 0 Å². The number of rotatable bonds is 9. The molecular weight excluding hydrogens is 448 g/mol. The fourth-order valence-corrected chi connectivity index (χ4v) is 4.96. The lowest BCUT2D eigenvalue weighted by Gasteiger charge is -2.42. The van der Waals surface area contributed by atoms with Gasteiger partial charge in [0.05, 0.1) is 0 Å². The van der Waals surface area contributed by atoms with Gasteiger partial charge in [0.25, 0.3) is 5.91 Å². The second-order valence-electron chi connectivity index (χ2n) is 9.93. The van der Waals surface area contributed by atoms with Crippen LogP contribution in [0.1, 0.15) is 60.3 Å². The first kappa shape index (κ1) is 25.5. The van der Waals surface area contributed by atoms with Crippen LogP contribution in [0.15, 0.2) is 30.5 Å². The van der Waals surface area contributed by atoms with Crippen LogP contribution >= 0.6 is 0 Å². The molecule has 1 saturated heterocycles. The van der Waals surface area contributed by atoms with Crippen LogP contribution < -0.4 is 4.90 Å². The summed E-state index contributed by atoms with van der Waals surface area (Å²) in [6.07, 6.45) is 6.07. The number of likely N-dealkylation sites (N-methyl/N-ethyl adjacent to an activating group) is 1. The number of hydrogen-bond donors (Lipinski definition) is 0. The molecule has 2 heterocycles. The van der Waals surface area contributed by atoms with Gasteiger partial charge in [0.1, 0.15) is 0 Å². The molecule has 2 aliphatic rings. The summed E-state index contributed by atoms with van der Waals surface area (Å²) in [5.74, 6) is -2.31. The highest BCUT2D eigenvalue weighted by molar-refractivity contribution is 5.95. The second kappa shape index (κ2) is 11.0. The number of aryl methyl sites for hydroxylation is 1. The molecular formula is C27H37F2N5O. The number of alkyl halides is 2. The van der Waals surface area contributed by atoms with Crippen LogP contribution in [0.25, 0.3) is 0 Å². The molecule has 0 radical (unpaired) electrons. The third-order valence-corrected chi connectivity index (χ3v) is 7.33. The lowest BCUT2D eigenvalue weighted by molar-refractivity contribution is 0.0224. The molecule has 1 saturated carbocycles. The predicted octanol–water partition coefficient (Wildman–Crippen LogP) is 4.36. The van der Waals surface area contributed by atoms with Gasteiger partial charge in [-0.25, -0.2) is 18.7 Å². The van der Waals surface area contributed by atoms with E-state index < -0.39 is 12.3 Å². The molecule has 0 bridgehead atoms. The van der Waals surface area contributed by atoms with Crippen LogP contribution in [0.5, 0.6) is 0 Å². The molecule has 1 amide bonds. The number of halogens is 2. The molecule has 1 aromatic heterocycles. The minimum atomic E-state index is -2.87. The number of carbonyl (C=O) groups is 1. The van der Waals surface area contributed by atoms with Crippen molar-refractivity contribution in [1.29, 1.82) is 0 Å². The lowest BCUT2D eigenvalue weighted by atomic mass is 9.91. The average molecular weight is 486 g/mol. The summed E-state index contributed by atoms with van der Waals surface area (Å²) in [6.45, 7) is 9.78. The highest BCUT2D eigenvalue weighted by atomic mass is 19.3. The van der Waals surface area contributed by atoms with Crippen LogP contribution in [0.4, 0.5) is 14.7 Å². The summed E-state index contributed by atoms with van der Waals surface area (Å²) >= 11 is 0. The maximum atomic E-state index is 13.6. The summed E-state index contributed by atoms with van der Waals surface area (Å²) in [6, 6.07) is 7.45. The quantitative estimate of drug-likeness (QED) is 0.528. The van der Waals surface area contributed by atoms with Gasteiger partial charge in [-0.3, -0.25) is 9.69 Å². The van der Waals surface area contributed by atoms with E-state index in [2.05, 4.69) is 14.8 Å². The van der Waals surface area contributed by atoms with Crippen molar-refractivity contribution in [1.82, 2.24) is 19.8 Å². The number of anilines is 1. The van der Waals surface area contributed by atoms with E-state index in [-0.39, 0.29) is 5.91 Å². The van der Waals surface area contributed by atoms with E-state index in [1.807, 2.05) is 20.0 Å². The molecule has 0 unspecified atom stereocenters. The molecule has 8 heteroatoms. The number of benzene rings is 1. The molecule has 2 aromatic rings. The summed E-state index contributed by atoms with van der Waals surface area (Å²) < 4.78 is 27.3. The van der Waals surface area contributed by atoms with Crippen LogP contribution in [-0.4, -0.2) is 76.9 Å². The van der Waals surface area contributed by atoms with E-state index >= 15 is 0 Å². The van der Waals surface area contributed by atoms with Crippen molar-refractivity contribution < 1.29 is 13.6 Å². The van der Waals surface area contributed by atoms with Crippen LogP contribution in [0.2, 0.25) is 0 Å². The molecule has 1 aromatic carbocycles. The van der Waals surface area contributed by atoms with Gasteiger partial charge >= 0.3 is 0 Å². The van der Waals surface area contributed by atoms with Crippen molar-refractivity contribution in [2.24, 2.45) is 0 Å². The summed E-state index contributed by atoms with van der Waals surface area (Å²) in [4.78, 5) is 29.2. The second-order valence-corrected chi connectivity index (χ2v) is 9.93. The lowest BCUT2D eigenvalue weighted by Crippen LogP contribution is -2.52. The monoisotopic (exact) mass is 485 g/mol. The van der Waals surface area contributed by atoms with Gasteiger partial charge in [-0.05, 0) is 57.2 Å². The first-order chi connectivity index (χ1) is 16.7. The Balaban J connectivity index is 1.36. The van der Waals surface area contributed by atoms with Gasteiger partial charge in [-0.2, -0.15) is 0 Å². The fraction of sp³-hybridized carbons (Fsp3) is 0.593. The van der Waals surface area contributed by atoms with Crippen molar-refractivity contribution in [3.63, 3.8) is 0 Å². The van der Waals surface area contributed by atoms with Crippen LogP contribution in [-0.2, 0) is 12.8 Å². The molecule has 1 aliphatic heterocycles. The highest BCUT2D eigenvalue weighted by Crippen LogP contribution is 2.26. The van der Waals surface area contributed by atoms with E-state index in [1.54, 1.807) is 29.2 Å². The highest BCUT2D eigenvalue weighted by Gasteiger charge is 2.29. The third-order valence-electron chi connectivity index (χ3n) is 7.33. The van der Waals surface area contributed by atoms with E-state index in [0.717, 1.165) is 56.4 Å². The van der Waals surface area contributed by atoms with E-state index in [0.29, 0.717) is 30.6 Å². The standard InChI is InChI=1S/C27H37F2N5O/c1-4-32(25(35)24-11-6-5-8-21(24)18-27(3,28)29)13-12-22-19-30-26(31-20(22)2)34-16-14-33(15-17-34)23-9-7-10-23/h5-6,8,11,19,23H,4,7,9-10,12-18H2,1-3H3. The van der Waals surface area contributed by atoms with Crippen LogP contribution in [0, 0.1) is 6.92 Å². The average Bonchev–Trinajstić information content (AvgIpc) is 2.79. The Morgan fingerprint density at radius 2 is 1.86 bits per heavy atom. The minimum Gasteiger partial charge on any atom is -0.339 e. The topological polar surface area (TPSA) is 52.6 Å². The number of amides is 1. The maximum Gasteiger partial charge on any atom is 0.254 e. The van der Waals surface area contributed by atoms with Crippen molar-refractivity contribution in [2.75, 3.05) is 44.2 Å². The number of nitrogens with zero attached hydrogens (tertiary/aromatic N) is 5. The number of hydrogen-bond acceptors (Lipinski definition) is 5. The Kier molecular flexibility index (Phi) is 7.99. The molecule has 0 spiro atoms. The predicted molar refractivity (Wildman–Crippen MR) is 134 cm³/mol. The summed E-state index contributed by atoms with van der Waals surface area (Å²) in [5, 5.41) is 0. The third kappa shape index (κ3) is 6.34. The maximum absolute atomic E-state index is 13.6. The zero-order chi connectivity index (χ0) is 25.0. The Morgan fingerprint density at radius 3 is 2.46 bits per heavy atom. The molecule has 35 heavy (non-hydrogen) atoms. The zero-order valence-corrected chi connectivity index (χ0v) is 21.1. The Bertz CT molecular complexity index is 1010. The normalized spacial score (nSPS) is 17.3. The summed E-state index contributed by atoms with van der Waals surface area (Å²) in [5.41, 5.74) is 2.65. The molecule has 1 aliphatic carbocycles. The molecule has 0 atom stereocenters. The van der Waals surface area contributed by atoms with E-state index in [4.69, 9.17) is 4.98 Å². The van der Waals surface area contributed by atoms with Gasteiger partial charge < -0.3 is 9.80 Å². The first-order valence-corrected chi connectivity index (χ1v) is 12.8. The van der Waals surface area contributed by atoms with Crippen LogP contribution in [0.3, 0.4) is 0 Å². The van der Waals surface area contributed by atoms with Crippen molar-refractivity contribution in [3.05, 3.63) is 52.8 Å². The van der Waals surface area contributed by atoms with Gasteiger partial charge in [0.2, 0.25) is 11.9 Å². The van der Waals surface area contributed by atoms with Gasteiger partial charge in [-0.1, -0.05) is 24.6 Å². The Morgan fingerprint density at radius 1 is 1.14 bits per heavy atom. The molecule has 2 fully saturated rings. The molecule has 4 rings (SSSR count). The Hall–Kier alpha value is -2.61. The number of carbonyl (C=O) groups excluding carboxylic acids is 1. The van der Waals surface area contributed by atoms with Gasteiger partial charge in [0, 0.05) is 69.2 Å². The first-order valence-electron chi connectivity index (χ1n) is 12.8. The smallest absolute Gasteiger partial charge is 0.254 e. The molecule has 0 N–H and O–H groups in total. The van der Waals surface area contributed by atoms with Gasteiger partial charge in [-0.15, -0.1) is 0 Å². The Labute approximate surface area is 207 Å². The van der Waals surface area contributed by atoms with E-state index in [9.17, 15) is 13.6 Å². The number of aromatic nitrogens is 2. The largest absolute Gasteiger partial charge is 0.339 e. The van der Waals surface area contributed by atoms with Crippen molar-refractivity contribution in [2.45, 2.75) is 64.8 Å². The zero-order valence-electron chi connectivity index (χ0n) is 21.1. The fourth-order valence-electron chi connectivity index (χ4n) is 4.96. The number of piperazine rings is 1. The molecule has 6 nitrogen and oxygen atoms in total. The SMILES string of the molecule is CCN(CCc1cnc(N2CCN(C3CCC3)CC2)nc1C)C(=O)c1ccccc1CC(C)(F)F. The minimum absolute atomic E-state index is 0.216. The van der Waals surface area contributed by atoms with Crippen molar-refractivity contribution >= 4 is 11.9 Å². The van der Waals surface area contributed by atoms with E-state index in [1.165, 1.54) is 19.3 Å².